The monoisotopic (exact) mass is 450 g/mol. The maximum absolute atomic E-state index is 11.5. The van der Waals surface area contributed by atoms with E-state index in [1.807, 2.05) is 18.2 Å². The van der Waals surface area contributed by atoms with Gasteiger partial charge < -0.3 is 33.0 Å². The molecule has 3 heterocycles. The highest BCUT2D eigenvalue weighted by Crippen LogP contribution is 2.54. The third-order valence-corrected chi connectivity index (χ3v) is 6.28. The summed E-state index contributed by atoms with van der Waals surface area (Å²) in [5.41, 5.74) is 1.62. The molecule has 31 heavy (non-hydrogen) atoms. The van der Waals surface area contributed by atoms with Crippen molar-refractivity contribution in [2.24, 2.45) is 11.8 Å². The molecule has 0 saturated carbocycles. The zero-order chi connectivity index (χ0) is 21.8. The second kappa shape index (κ2) is 7.56. The number of rotatable bonds is 5. The molecular formula is C21H22O9S. The molecule has 3 aliphatic rings. The number of benzene rings is 2. The number of aliphatic hydroxyl groups is 1. The van der Waals surface area contributed by atoms with Crippen molar-refractivity contribution in [3.05, 3.63) is 47.5 Å². The van der Waals surface area contributed by atoms with Crippen LogP contribution in [-0.4, -0.2) is 46.6 Å². The summed E-state index contributed by atoms with van der Waals surface area (Å²) in [5, 5.41) is 10.7. The Bertz CT molecular complexity index is 1100. The Morgan fingerprint density at radius 3 is 2.52 bits per heavy atom. The Hall–Kier alpha value is -2.53. The highest BCUT2D eigenvalue weighted by Gasteiger charge is 2.53. The first-order chi connectivity index (χ1) is 14.8. The van der Waals surface area contributed by atoms with Gasteiger partial charge in [0.25, 0.3) is 0 Å². The second-order valence-corrected chi connectivity index (χ2v) is 9.33. The summed E-state index contributed by atoms with van der Waals surface area (Å²) in [5.74, 6) is 1.31. The minimum atomic E-state index is -3.70. The van der Waals surface area contributed by atoms with Crippen LogP contribution in [0.1, 0.15) is 23.3 Å². The van der Waals surface area contributed by atoms with Crippen LogP contribution in [0, 0.1) is 11.8 Å². The average Bonchev–Trinajstić information content (AvgIpc) is 3.43. The SMILES string of the molecule is COc1cc([C@H]2OC(O)[C@H]3[C@@H]2CO[C@H]3c2ccc3c(c2)OCO3)ccc1OS(C)(=O)=O. The van der Waals surface area contributed by atoms with Gasteiger partial charge in [0, 0.05) is 11.8 Å². The maximum Gasteiger partial charge on any atom is 0.306 e. The normalized spacial score (nSPS) is 29.1. The second-order valence-electron chi connectivity index (χ2n) is 7.75. The zero-order valence-electron chi connectivity index (χ0n) is 16.9. The fraction of sp³-hybridized carbons (Fsp3) is 0.429. The van der Waals surface area contributed by atoms with Gasteiger partial charge in [-0.05, 0) is 35.4 Å². The lowest BCUT2D eigenvalue weighted by Crippen LogP contribution is -2.22. The van der Waals surface area contributed by atoms with E-state index >= 15 is 0 Å². The van der Waals surface area contributed by atoms with E-state index in [-0.39, 0.29) is 36.2 Å². The molecule has 0 amide bonds. The fourth-order valence-corrected chi connectivity index (χ4v) is 4.94. The highest BCUT2D eigenvalue weighted by molar-refractivity contribution is 7.86. The van der Waals surface area contributed by atoms with E-state index in [1.54, 1.807) is 12.1 Å². The third kappa shape index (κ3) is 3.69. The summed E-state index contributed by atoms with van der Waals surface area (Å²) in [6, 6.07) is 10.5. The standard InChI is InChI=1S/C21H22O9S/c1-25-16-7-11(4-6-15(16)30-31(2,23)24)19-13-9-26-20(18(13)21(22)29-19)12-3-5-14-17(8-12)28-10-27-14/h3-8,13,18-22H,9-10H2,1-2H3/t13-,18-,19+,20-,21?/m0/s1. The predicted octanol–water partition coefficient (Wildman–Crippen LogP) is 2.16. The lowest BCUT2D eigenvalue weighted by Gasteiger charge is -2.20. The van der Waals surface area contributed by atoms with Crippen LogP contribution < -0.4 is 18.4 Å². The molecule has 2 fully saturated rings. The van der Waals surface area contributed by atoms with E-state index in [4.69, 9.17) is 27.9 Å². The predicted molar refractivity (Wildman–Crippen MR) is 107 cm³/mol. The lowest BCUT2D eigenvalue weighted by molar-refractivity contribution is -0.134. The van der Waals surface area contributed by atoms with E-state index < -0.39 is 22.5 Å². The summed E-state index contributed by atoms with van der Waals surface area (Å²) in [6.07, 6.45) is -0.853. The van der Waals surface area contributed by atoms with E-state index in [0.29, 0.717) is 18.1 Å². The fourth-order valence-electron chi connectivity index (χ4n) is 4.48. The van der Waals surface area contributed by atoms with Crippen molar-refractivity contribution in [1.82, 2.24) is 0 Å². The Labute approximate surface area is 179 Å². The summed E-state index contributed by atoms with van der Waals surface area (Å²) in [6.45, 7) is 0.584. The molecular weight excluding hydrogens is 428 g/mol. The van der Waals surface area contributed by atoms with Crippen LogP contribution >= 0.6 is 0 Å². The Balaban J connectivity index is 1.41. The van der Waals surface area contributed by atoms with Crippen LogP contribution in [-0.2, 0) is 19.6 Å². The first-order valence-electron chi connectivity index (χ1n) is 9.76. The van der Waals surface area contributed by atoms with Crippen molar-refractivity contribution in [3.8, 4) is 23.0 Å². The van der Waals surface area contributed by atoms with Gasteiger partial charge in [-0.15, -0.1) is 0 Å². The van der Waals surface area contributed by atoms with Gasteiger partial charge in [-0.2, -0.15) is 8.42 Å². The van der Waals surface area contributed by atoms with Crippen molar-refractivity contribution < 1.29 is 41.4 Å². The number of fused-ring (bicyclic) bond motifs is 2. The Morgan fingerprint density at radius 2 is 1.74 bits per heavy atom. The summed E-state index contributed by atoms with van der Waals surface area (Å²) >= 11 is 0. The highest BCUT2D eigenvalue weighted by atomic mass is 32.2. The van der Waals surface area contributed by atoms with Crippen LogP contribution in [0.5, 0.6) is 23.0 Å². The third-order valence-electron chi connectivity index (χ3n) is 5.80. The minimum Gasteiger partial charge on any atom is -0.493 e. The average molecular weight is 450 g/mol. The molecule has 5 atom stereocenters. The topological polar surface area (TPSA) is 110 Å². The quantitative estimate of drug-likeness (QED) is 0.685. The van der Waals surface area contributed by atoms with Gasteiger partial charge in [0.2, 0.25) is 6.79 Å². The number of ether oxygens (including phenoxy) is 5. The van der Waals surface area contributed by atoms with Crippen molar-refractivity contribution in [3.63, 3.8) is 0 Å². The molecule has 3 aliphatic heterocycles. The minimum absolute atomic E-state index is 0.0877. The Kier molecular flexibility index (Phi) is 4.97. The first-order valence-corrected chi connectivity index (χ1v) is 11.6. The molecule has 0 spiro atoms. The molecule has 1 N–H and O–H groups in total. The Morgan fingerprint density at radius 1 is 1.00 bits per heavy atom. The maximum atomic E-state index is 11.5. The number of aliphatic hydroxyl groups excluding tert-OH is 1. The number of methoxy groups -OCH3 is 1. The smallest absolute Gasteiger partial charge is 0.306 e. The summed E-state index contributed by atoms with van der Waals surface area (Å²) < 4.78 is 56.0. The van der Waals surface area contributed by atoms with Gasteiger partial charge >= 0.3 is 10.1 Å². The van der Waals surface area contributed by atoms with Crippen LogP contribution in [0.3, 0.4) is 0 Å². The molecule has 10 heteroatoms. The van der Waals surface area contributed by atoms with Crippen LogP contribution in [0.25, 0.3) is 0 Å². The zero-order valence-corrected chi connectivity index (χ0v) is 17.7. The van der Waals surface area contributed by atoms with Crippen molar-refractivity contribution in [1.29, 1.82) is 0 Å². The molecule has 5 rings (SSSR count). The molecule has 166 valence electrons. The van der Waals surface area contributed by atoms with Gasteiger partial charge in [0.15, 0.2) is 29.3 Å². The van der Waals surface area contributed by atoms with E-state index in [0.717, 1.165) is 17.4 Å². The van der Waals surface area contributed by atoms with Gasteiger partial charge in [-0.1, -0.05) is 12.1 Å². The molecule has 0 aromatic heterocycles. The van der Waals surface area contributed by atoms with Crippen LogP contribution in [0.4, 0.5) is 0 Å². The molecule has 2 saturated heterocycles. The van der Waals surface area contributed by atoms with Crippen molar-refractivity contribution in [2.75, 3.05) is 26.8 Å². The largest absolute Gasteiger partial charge is 0.493 e. The summed E-state index contributed by atoms with van der Waals surface area (Å²) in [4.78, 5) is 0. The van der Waals surface area contributed by atoms with E-state index in [2.05, 4.69) is 0 Å². The van der Waals surface area contributed by atoms with Gasteiger partial charge in [0.05, 0.1) is 32.2 Å². The van der Waals surface area contributed by atoms with E-state index in [9.17, 15) is 13.5 Å². The molecule has 9 nitrogen and oxygen atoms in total. The first kappa shape index (κ1) is 20.4. The molecule has 2 aromatic rings. The summed E-state index contributed by atoms with van der Waals surface area (Å²) in [7, 11) is -2.27. The molecule has 1 unspecified atom stereocenters. The van der Waals surface area contributed by atoms with Crippen molar-refractivity contribution in [2.45, 2.75) is 18.5 Å². The van der Waals surface area contributed by atoms with Gasteiger partial charge in [-0.3, -0.25) is 0 Å². The molecule has 0 bridgehead atoms. The van der Waals surface area contributed by atoms with Crippen molar-refractivity contribution >= 4 is 10.1 Å². The molecule has 0 aliphatic carbocycles. The van der Waals surface area contributed by atoms with Crippen LogP contribution in [0.2, 0.25) is 0 Å². The van der Waals surface area contributed by atoms with E-state index in [1.165, 1.54) is 13.2 Å². The number of hydrogen-bond donors (Lipinski definition) is 1. The lowest BCUT2D eigenvalue weighted by atomic mass is 9.84. The molecule has 0 radical (unpaired) electrons. The van der Waals surface area contributed by atoms with Gasteiger partial charge in [0.1, 0.15) is 0 Å². The van der Waals surface area contributed by atoms with Gasteiger partial charge in [-0.25, -0.2) is 0 Å². The molecule has 2 aromatic carbocycles. The number of hydrogen-bond acceptors (Lipinski definition) is 9. The van der Waals surface area contributed by atoms with Crippen LogP contribution in [0.15, 0.2) is 36.4 Å².